The molecule has 1 unspecified atom stereocenters. The first-order valence-corrected chi connectivity index (χ1v) is 16.0. The Hall–Kier alpha value is -5.81. The summed E-state index contributed by atoms with van der Waals surface area (Å²) in [4.78, 5) is 45.0. The van der Waals surface area contributed by atoms with E-state index in [1.165, 1.54) is 29.1 Å². The third-order valence-corrected chi connectivity index (χ3v) is 8.69. The highest BCUT2D eigenvalue weighted by Gasteiger charge is 2.33. The van der Waals surface area contributed by atoms with Crippen LogP contribution in [-0.2, 0) is 14.3 Å². The van der Waals surface area contributed by atoms with Crippen molar-refractivity contribution in [1.82, 2.24) is 14.3 Å². The van der Waals surface area contributed by atoms with Crippen LogP contribution >= 0.6 is 11.3 Å². The molecular weight excluding hydrogens is 628 g/mol. The number of fused-ring (bicyclic) bond motifs is 1. The zero-order valence-electron chi connectivity index (χ0n) is 26.6. The van der Waals surface area contributed by atoms with Gasteiger partial charge in [-0.25, -0.2) is 19.3 Å². The Bertz CT molecular complexity index is 2210. The van der Waals surface area contributed by atoms with E-state index in [2.05, 4.69) is 11.6 Å². The van der Waals surface area contributed by atoms with E-state index in [0.29, 0.717) is 44.0 Å². The number of ether oxygens (including phenoxy) is 3. The van der Waals surface area contributed by atoms with Crippen LogP contribution in [0.2, 0.25) is 0 Å². The van der Waals surface area contributed by atoms with E-state index in [1.54, 1.807) is 41.9 Å². The minimum atomic E-state index is -0.856. The maximum absolute atomic E-state index is 14.3. The molecule has 0 spiro atoms. The average molecular weight is 661 g/mol. The molecule has 242 valence electrons. The number of nitrogens with zero attached hydrogens (tertiary/aromatic N) is 4. The minimum Gasteiger partial charge on any atom is -0.494 e. The van der Waals surface area contributed by atoms with Crippen LogP contribution in [0.3, 0.4) is 0 Å². The van der Waals surface area contributed by atoms with E-state index >= 15 is 0 Å². The predicted molar refractivity (Wildman–Crippen MR) is 183 cm³/mol. The Morgan fingerprint density at radius 3 is 2.40 bits per heavy atom. The smallest absolute Gasteiger partial charge is 0.338 e. The summed E-state index contributed by atoms with van der Waals surface area (Å²) in [6, 6.07) is 23.1. The number of hydrogen-bond acceptors (Lipinski definition) is 9. The Balaban J connectivity index is 1.52. The van der Waals surface area contributed by atoms with Gasteiger partial charge in [0.1, 0.15) is 18.1 Å². The third-order valence-electron chi connectivity index (χ3n) is 7.71. The molecule has 1 aliphatic heterocycles. The number of esters is 2. The Morgan fingerprint density at radius 1 is 1.00 bits per heavy atom. The van der Waals surface area contributed by atoms with Gasteiger partial charge in [-0.15, -0.1) is 0 Å². The molecule has 2 aromatic heterocycles. The van der Waals surface area contributed by atoms with Gasteiger partial charge in [0, 0.05) is 17.3 Å². The zero-order chi connectivity index (χ0) is 33.8. The van der Waals surface area contributed by atoms with Crippen LogP contribution in [0.4, 0.5) is 0 Å². The number of hydrogen-bond donors (Lipinski definition) is 0. The van der Waals surface area contributed by atoms with E-state index in [4.69, 9.17) is 19.3 Å². The maximum atomic E-state index is 14.3. The third kappa shape index (κ3) is 6.27. The number of para-hydroxylation sites is 1. The van der Waals surface area contributed by atoms with Crippen molar-refractivity contribution in [2.45, 2.75) is 19.9 Å². The molecule has 0 radical (unpaired) electrons. The van der Waals surface area contributed by atoms with Gasteiger partial charge in [-0.05, 0) is 74.0 Å². The summed E-state index contributed by atoms with van der Waals surface area (Å²) in [7, 11) is 1.30. The fourth-order valence-corrected chi connectivity index (χ4v) is 6.51. The summed E-state index contributed by atoms with van der Waals surface area (Å²) in [6.07, 6.45) is 5.15. The molecule has 6 rings (SSSR count). The molecule has 0 saturated heterocycles. The second kappa shape index (κ2) is 13.9. The van der Waals surface area contributed by atoms with Gasteiger partial charge in [-0.1, -0.05) is 54.3 Å². The molecule has 1 atom stereocenters. The highest BCUT2D eigenvalue weighted by Crippen LogP contribution is 2.31. The quantitative estimate of drug-likeness (QED) is 0.153. The van der Waals surface area contributed by atoms with Gasteiger partial charge in [-0.3, -0.25) is 9.36 Å². The number of methoxy groups -OCH3 is 1. The molecule has 10 nitrogen and oxygen atoms in total. The highest BCUT2D eigenvalue weighted by atomic mass is 32.1. The van der Waals surface area contributed by atoms with E-state index in [9.17, 15) is 14.4 Å². The molecule has 48 heavy (non-hydrogen) atoms. The standard InChI is InChI=1S/C37H32N4O6S/c1-5-20-47-36(44)31-23(3)38-37-41(33(31)25-12-14-26(15-13-25)35(43)45-4)34(42)30(48-37)21-27-22-40(28-10-8-7-9-11-28)39-32(27)24-16-18-29(19-17-24)46-6-2/h5,7-19,21-22,33H,1,6,20H2,2-4H3. The molecule has 3 aromatic carbocycles. The van der Waals surface area contributed by atoms with Crippen LogP contribution < -0.4 is 19.6 Å². The predicted octanol–water partition coefficient (Wildman–Crippen LogP) is 5.00. The molecule has 5 aromatic rings. The van der Waals surface area contributed by atoms with Crippen LogP contribution in [0.15, 0.2) is 119 Å². The first-order chi connectivity index (χ1) is 23.3. The van der Waals surface area contributed by atoms with Crippen molar-refractivity contribution in [3.05, 3.63) is 145 Å². The fraction of sp³-hybridized carbons (Fsp3) is 0.162. The van der Waals surface area contributed by atoms with Crippen molar-refractivity contribution in [2.75, 3.05) is 20.3 Å². The Kier molecular flexibility index (Phi) is 9.31. The second-order valence-corrected chi connectivity index (χ2v) is 11.8. The normalized spacial score (nSPS) is 14.2. The molecule has 0 saturated carbocycles. The first kappa shape index (κ1) is 32.1. The summed E-state index contributed by atoms with van der Waals surface area (Å²) >= 11 is 1.21. The summed E-state index contributed by atoms with van der Waals surface area (Å²) in [6.45, 7) is 7.82. The Morgan fingerprint density at radius 2 is 1.73 bits per heavy atom. The molecule has 3 heterocycles. The number of carbonyl (C=O) groups excluding carboxylic acids is 2. The fourth-order valence-electron chi connectivity index (χ4n) is 5.48. The molecular formula is C37H32N4O6S. The topological polar surface area (TPSA) is 114 Å². The number of aromatic nitrogens is 3. The largest absolute Gasteiger partial charge is 0.494 e. The van der Waals surface area contributed by atoms with Crippen LogP contribution in [-0.4, -0.2) is 46.6 Å². The van der Waals surface area contributed by atoms with Gasteiger partial charge in [0.2, 0.25) is 0 Å². The lowest BCUT2D eigenvalue weighted by Crippen LogP contribution is -2.40. The van der Waals surface area contributed by atoms with Gasteiger partial charge in [0.15, 0.2) is 4.80 Å². The van der Waals surface area contributed by atoms with Gasteiger partial charge < -0.3 is 14.2 Å². The summed E-state index contributed by atoms with van der Waals surface area (Å²) in [5.41, 5.74) is 4.33. The van der Waals surface area contributed by atoms with Crippen molar-refractivity contribution >= 4 is 29.4 Å². The molecule has 0 amide bonds. The summed E-state index contributed by atoms with van der Waals surface area (Å²) < 4.78 is 19.6. The first-order valence-electron chi connectivity index (χ1n) is 15.2. The average Bonchev–Trinajstić information content (AvgIpc) is 3.67. The van der Waals surface area contributed by atoms with Crippen molar-refractivity contribution in [2.24, 2.45) is 4.99 Å². The number of rotatable bonds is 10. The van der Waals surface area contributed by atoms with Gasteiger partial charge in [0.25, 0.3) is 5.56 Å². The van der Waals surface area contributed by atoms with Gasteiger partial charge in [-0.2, -0.15) is 5.10 Å². The van der Waals surface area contributed by atoms with E-state index in [-0.39, 0.29) is 17.7 Å². The minimum absolute atomic E-state index is 0.00619. The number of allylic oxidation sites excluding steroid dienone is 1. The van der Waals surface area contributed by atoms with E-state index in [0.717, 1.165) is 17.0 Å². The molecule has 0 aliphatic carbocycles. The molecule has 1 aliphatic rings. The number of carbonyl (C=O) groups is 2. The Labute approximate surface area is 280 Å². The second-order valence-electron chi connectivity index (χ2n) is 10.8. The lowest BCUT2D eigenvalue weighted by molar-refractivity contribution is -0.138. The highest BCUT2D eigenvalue weighted by molar-refractivity contribution is 7.07. The van der Waals surface area contributed by atoms with Crippen molar-refractivity contribution < 1.29 is 23.8 Å². The lowest BCUT2D eigenvalue weighted by atomic mass is 9.95. The van der Waals surface area contributed by atoms with Crippen LogP contribution in [0.25, 0.3) is 23.0 Å². The molecule has 11 heteroatoms. The zero-order valence-corrected chi connectivity index (χ0v) is 27.4. The van der Waals surface area contributed by atoms with Crippen LogP contribution in [0.1, 0.15) is 41.4 Å². The van der Waals surface area contributed by atoms with Gasteiger partial charge >= 0.3 is 11.9 Å². The molecule has 0 N–H and O–H groups in total. The monoisotopic (exact) mass is 660 g/mol. The molecule has 0 fully saturated rings. The van der Waals surface area contributed by atoms with Crippen molar-refractivity contribution in [3.63, 3.8) is 0 Å². The van der Waals surface area contributed by atoms with E-state index in [1.807, 2.05) is 67.7 Å². The van der Waals surface area contributed by atoms with Crippen LogP contribution in [0, 0.1) is 0 Å². The number of benzene rings is 3. The summed E-state index contributed by atoms with van der Waals surface area (Å²) in [5, 5.41) is 4.90. The maximum Gasteiger partial charge on any atom is 0.338 e. The number of thiazole rings is 1. The summed E-state index contributed by atoms with van der Waals surface area (Å²) in [5.74, 6) is -0.368. The van der Waals surface area contributed by atoms with Crippen molar-refractivity contribution in [1.29, 1.82) is 0 Å². The van der Waals surface area contributed by atoms with E-state index < -0.39 is 18.0 Å². The van der Waals surface area contributed by atoms with Crippen molar-refractivity contribution in [3.8, 4) is 22.7 Å². The SMILES string of the molecule is C=CCOC(=O)C1=C(C)N=c2sc(=Cc3cn(-c4ccccc4)nc3-c3ccc(OCC)cc3)c(=O)n2C1c1ccc(C(=O)OC)cc1. The molecule has 0 bridgehead atoms. The van der Waals surface area contributed by atoms with Gasteiger partial charge in [0.05, 0.1) is 46.8 Å². The van der Waals surface area contributed by atoms with Crippen LogP contribution in [0.5, 0.6) is 5.75 Å². The lowest BCUT2D eigenvalue weighted by Gasteiger charge is -2.24.